The highest BCUT2D eigenvalue weighted by Gasteiger charge is 2.21. The van der Waals surface area contributed by atoms with Crippen molar-refractivity contribution in [2.75, 3.05) is 7.05 Å². The largest absolute Gasteiger partial charge is 0.467 e. The van der Waals surface area contributed by atoms with Crippen LogP contribution in [0.3, 0.4) is 0 Å². The number of carbonyl (C=O) groups is 1. The molecule has 0 spiro atoms. The van der Waals surface area contributed by atoms with Crippen molar-refractivity contribution >= 4 is 17.6 Å². The Morgan fingerprint density at radius 1 is 1.39 bits per heavy atom. The van der Waals surface area contributed by atoms with Crippen molar-refractivity contribution in [2.45, 2.75) is 26.9 Å². The molecule has 9 heteroatoms. The van der Waals surface area contributed by atoms with Gasteiger partial charge in [-0.3, -0.25) is 4.79 Å². The molecule has 23 heavy (non-hydrogen) atoms. The molecule has 0 aliphatic rings. The van der Waals surface area contributed by atoms with Crippen LogP contribution < -0.4 is 0 Å². The zero-order valence-electron chi connectivity index (χ0n) is 13.1. The van der Waals surface area contributed by atoms with Crippen LogP contribution in [0.1, 0.15) is 33.3 Å². The highest BCUT2D eigenvalue weighted by atomic mass is 32.1. The molecule has 0 aliphatic heterocycles. The van der Waals surface area contributed by atoms with Crippen LogP contribution in [-0.2, 0) is 13.1 Å². The second-order valence-electron chi connectivity index (χ2n) is 5.22. The van der Waals surface area contributed by atoms with Gasteiger partial charge >= 0.3 is 0 Å². The first kappa shape index (κ1) is 15.3. The maximum Gasteiger partial charge on any atom is 0.276 e. The molecule has 0 atom stereocenters. The first-order valence-electron chi connectivity index (χ1n) is 7.02. The van der Waals surface area contributed by atoms with Crippen molar-refractivity contribution < 1.29 is 9.21 Å². The topological polar surface area (TPSA) is 89.9 Å². The van der Waals surface area contributed by atoms with Crippen molar-refractivity contribution in [1.82, 2.24) is 28.6 Å². The summed E-state index contributed by atoms with van der Waals surface area (Å²) in [5.41, 5.74) is 2.74. The van der Waals surface area contributed by atoms with Gasteiger partial charge in [-0.15, -0.1) is 5.10 Å². The van der Waals surface area contributed by atoms with E-state index in [0.717, 1.165) is 28.9 Å². The van der Waals surface area contributed by atoms with E-state index in [0.29, 0.717) is 24.5 Å². The first-order chi connectivity index (χ1) is 11.1. The minimum atomic E-state index is -0.196. The van der Waals surface area contributed by atoms with E-state index >= 15 is 0 Å². The monoisotopic (exact) mass is 332 g/mol. The number of hydrogen-bond acceptors (Lipinski definition) is 7. The Bertz CT molecular complexity index is 807. The molecule has 3 aromatic rings. The van der Waals surface area contributed by atoms with Crippen molar-refractivity contribution in [3.63, 3.8) is 0 Å². The number of nitrogens with zero attached hydrogens (tertiary/aromatic N) is 6. The molecule has 0 aliphatic carbocycles. The minimum absolute atomic E-state index is 0.196. The van der Waals surface area contributed by atoms with Crippen LogP contribution in [0.2, 0.25) is 0 Å². The number of aromatic nitrogens is 5. The van der Waals surface area contributed by atoms with Crippen LogP contribution in [0.4, 0.5) is 0 Å². The third-order valence-corrected chi connectivity index (χ3v) is 4.21. The molecule has 0 saturated carbocycles. The van der Waals surface area contributed by atoms with Gasteiger partial charge in [-0.05, 0) is 26.0 Å². The third-order valence-electron chi connectivity index (χ3n) is 3.55. The highest BCUT2D eigenvalue weighted by Crippen LogP contribution is 2.13. The molecule has 3 heterocycles. The van der Waals surface area contributed by atoms with Gasteiger partial charge < -0.3 is 9.32 Å². The van der Waals surface area contributed by atoms with Gasteiger partial charge in [0, 0.05) is 7.05 Å². The number of rotatable bonds is 5. The van der Waals surface area contributed by atoms with E-state index in [1.807, 2.05) is 19.9 Å². The molecule has 0 unspecified atom stereocenters. The average Bonchev–Trinajstić information content (AvgIpc) is 3.24. The van der Waals surface area contributed by atoms with Crippen LogP contribution in [0, 0.1) is 13.8 Å². The van der Waals surface area contributed by atoms with Gasteiger partial charge in [-0.25, -0.2) is 4.68 Å². The maximum absolute atomic E-state index is 12.5. The predicted molar refractivity (Wildman–Crippen MR) is 83.0 cm³/mol. The normalized spacial score (nSPS) is 10.9. The Balaban J connectivity index is 1.75. The summed E-state index contributed by atoms with van der Waals surface area (Å²) in [6.07, 6.45) is 1.58. The average molecular weight is 332 g/mol. The van der Waals surface area contributed by atoms with Gasteiger partial charge in [-0.1, -0.05) is 5.21 Å². The lowest BCUT2D eigenvalue weighted by Gasteiger charge is -2.14. The molecule has 3 aromatic heterocycles. The number of aryl methyl sites for hydroxylation is 1. The number of amides is 1. The Hall–Kier alpha value is -2.55. The molecule has 0 radical (unpaired) electrons. The van der Waals surface area contributed by atoms with E-state index < -0.39 is 0 Å². The molecule has 1 amide bonds. The Kier molecular flexibility index (Phi) is 4.20. The minimum Gasteiger partial charge on any atom is -0.467 e. The summed E-state index contributed by atoms with van der Waals surface area (Å²) in [4.78, 5) is 14.1. The van der Waals surface area contributed by atoms with Crippen molar-refractivity contribution in [1.29, 1.82) is 0 Å². The van der Waals surface area contributed by atoms with Crippen LogP contribution >= 0.6 is 11.7 Å². The fourth-order valence-corrected chi connectivity index (χ4v) is 2.69. The van der Waals surface area contributed by atoms with Gasteiger partial charge in [-0.2, -0.15) is 8.75 Å². The van der Waals surface area contributed by atoms with Crippen molar-refractivity contribution in [2.24, 2.45) is 0 Å². The predicted octanol–water partition coefficient (Wildman–Crippen LogP) is 1.66. The fourth-order valence-electron chi connectivity index (χ4n) is 2.13. The number of furan rings is 1. The Morgan fingerprint density at radius 3 is 2.87 bits per heavy atom. The van der Waals surface area contributed by atoms with Gasteiger partial charge in [0.2, 0.25) is 0 Å². The lowest BCUT2D eigenvalue weighted by Crippen LogP contribution is -2.27. The first-order valence-corrected chi connectivity index (χ1v) is 7.75. The maximum atomic E-state index is 12.5. The number of carbonyl (C=O) groups excluding carboxylic acids is 1. The smallest absolute Gasteiger partial charge is 0.276 e. The lowest BCUT2D eigenvalue weighted by atomic mass is 10.3. The molecule has 0 aromatic carbocycles. The van der Waals surface area contributed by atoms with Crippen molar-refractivity contribution in [3.8, 4) is 0 Å². The molecule has 3 rings (SSSR count). The van der Waals surface area contributed by atoms with Crippen LogP contribution in [0.15, 0.2) is 22.8 Å². The van der Waals surface area contributed by atoms with E-state index in [1.165, 1.54) is 0 Å². The molecule has 0 bridgehead atoms. The summed E-state index contributed by atoms with van der Waals surface area (Å²) < 4.78 is 15.3. The van der Waals surface area contributed by atoms with Crippen LogP contribution in [0.5, 0.6) is 0 Å². The molecule has 120 valence electrons. The van der Waals surface area contributed by atoms with Crippen LogP contribution in [0.25, 0.3) is 0 Å². The fraction of sp³-hybridized carbons (Fsp3) is 0.357. The second-order valence-corrected chi connectivity index (χ2v) is 5.75. The summed E-state index contributed by atoms with van der Waals surface area (Å²) in [7, 11) is 1.71. The van der Waals surface area contributed by atoms with E-state index in [1.54, 1.807) is 29.0 Å². The molecule has 8 nitrogen and oxygen atoms in total. The highest BCUT2D eigenvalue weighted by molar-refractivity contribution is 6.99. The molecule has 0 saturated heterocycles. The summed E-state index contributed by atoms with van der Waals surface area (Å²) in [6, 6.07) is 3.62. The van der Waals surface area contributed by atoms with E-state index in [2.05, 4.69) is 19.1 Å². The Morgan fingerprint density at radius 2 is 2.22 bits per heavy atom. The summed E-state index contributed by atoms with van der Waals surface area (Å²) in [5.74, 6) is 0.522. The third kappa shape index (κ3) is 3.14. The standard InChI is InChI=1S/C14H16N6O2S/c1-9-12(17-23-16-9)8-20-10(2)13(15-18-20)14(21)19(3)7-11-5-4-6-22-11/h4-6H,7-8H2,1-3H3. The second kappa shape index (κ2) is 6.29. The number of hydrogen-bond donors (Lipinski definition) is 0. The Labute approximate surface area is 137 Å². The van der Waals surface area contributed by atoms with Gasteiger partial charge in [0.1, 0.15) is 5.76 Å². The quantitative estimate of drug-likeness (QED) is 0.706. The lowest BCUT2D eigenvalue weighted by molar-refractivity contribution is 0.0768. The zero-order chi connectivity index (χ0) is 16.4. The summed E-state index contributed by atoms with van der Waals surface area (Å²) in [6.45, 7) is 4.56. The summed E-state index contributed by atoms with van der Waals surface area (Å²) >= 11 is 1.16. The zero-order valence-corrected chi connectivity index (χ0v) is 13.9. The molecule has 0 N–H and O–H groups in total. The van der Waals surface area contributed by atoms with E-state index in [9.17, 15) is 4.79 Å². The molecule has 0 fully saturated rings. The molecular formula is C14H16N6O2S. The summed E-state index contributed by atoms with van der Waals surface area (Å²) in [5, 5.41) is 8.09. The van der Waals surface area contributed by atoms with Crippen LogP contribution in [-0.4, -0.2) is 41.6 Å². The molecular weight excluding hydrogens is 316 g/mol. The van der Waals surface area contributed by atoms with E-state index in [4.69, 9.17) is 4.42 Å². The van der Waals surface area contributed by atoms with Gasteiger partial charge in [0.25, 0.3) is 5.91 Å². The SMILES string of the molecule is Cc1nsnc1Cn1nnc(C(=O)N(C)Cc2ccco2)c1C. The van der Waals surface area contributed by atoms with Crippen molar-refractivity contribution in [3.05, 3.63) is 46.9 Å². The van der Waals surface area contributed by atoms with Gasteiger partial charge in [0.15, 0.2) is 5.69 Å². The van der Waals surface area contributed by atoms with E-state index in [-0.39, 0.29) is 5.91 Å². The van der Waals surface area contributed by atoms with Gasteiger partial charge in [0.05, 0.1) is 48.2 Å².